The minimum atomic E-state index is 0.149. The van der Waals surface area contributed by atoms with E-state index in [4.69, 9.17) is 0 Å². The minimum absolute atomic E-state index is 0.149. The molecule has 0 saturated heterocycles. The smallest absolute Gasteiger partial charge is 0.245 e. The molecule has 2 aromatic rings. The molecule has 0 aromatic heterocycles. The Morgan fingerprint density at radius 3 is 1.96 bits per heavy atom. The van der Waals surface area contributed by atoms with Crippen molar-refractivity contribution in [2.45, 2.75) is 57.4 Å². The molecule has 0 bridgehead atoms. The Kier molecular flexibility index (Phi) is 5.35. The summed E-state index contributed by atoms with van der Waals surface area (Å²) < 4.78 is 0. The van der Waals surface area contributed by atoms with Crippen LogP contribution in [0.15, 0.2) is 48.5 Å². The molecule has 3 heteroatoms. The molecule has 0 unspecified atom stereocenters. The van der Waals surface area contributed by atoms with Gasteiger partial charge in [-0.15, -0.1) is 0 Å². The van der Waals surface area contributed by atoms with Crippen LogP contribution in [0.5, 0.6) is 0 Å². The number of carbonyl (C=O) groups excluding carboxylic acids is 1. The van der Waals surface area contributed by atoms with Crippen LogP contribution in [0.25, 0.3) is 0 Å². The number of rotatable bonds is 3. The SMILES string of the molecule is O=C(CNC1CCCCCC1)N1c2ccccc2CCc2ccccc21. The average molecular weight is 348 g/mol. The summed E-state index contributed by atoms with van der Waals surface area (Å²) in [4.78, 5) is 15.2. The summed E-state index contributed by atoms with van der Waals surface area (Å²) >= 11 is 0. The summed E-state index contributed by atoms with van der Waals surface area (Å²) in [5.74, 6) is 0.149. The van der Waals surface area contributed by atoms with Crippen LogP contribution in [0, 0.1) is 0 Å². The van der Waals surface area contributed by atoms with Gasteiger partial charge in [0.15, 0.2) is 0 Å². The van der Waals surface area contributed by atoms with Crippen molar-refractivity contribution < 1.29 is 4.79 Å². The number of nitrogens with one attached hydrogen (secondary N) is 1. The molecule has 136 valence electrons. The number of hydrogen-bond donors (Lipinski definition) is 1. The molecule has 1 saturated carbocycles. The highest BCUT2D eigenvalue weighted by Crippen LogP contribution is 2.35. The largest absolute Gasteiger partial charge is 0.306 e. The predicted octanol–water partition coefficient (Wildman–Crippen LogP) is 4.76. The minimum Gasteiger partial charge on any atom is -0.306 e. The Morgan fingerprint density at radius 2 is 1.38 bits per heavy atom. The molecule has 26 heavy (non-hydrogen) atoms. The molecule has 0 atom stereocenters. The van der Waals surface area contributed by atoms with Crippen LogP contribution < -0.4 is 10.2 Å². The fraction of sp³-hybridized carbons (Fsp3) is 0.435. The predicted molar refractivity (Wildman–Crippen MR) is 107 cm³/mol. The van der Waals surface area contributed by atoms with Crippen LogP contribution in [-0.2, 0) is 17.6 Å². The number of benzene rings is 2. The van der Waals surface area contributed by atoms with E-state index in [1.54, 1.807) is 0 Å². The maximum atomic E-state index is 13.3. The van der Waals surface area contributed by atoms with Crippen molar-refractivity contribution >= 4 is 17.3 Å². The standard InChI is InChI=1S/C23H28N2O/c26-23(17-24-20-11-3-1-2-4-12-20)25-21-13-7-5-9-18(21)15-16-19-10-6-8-14-22(19)25/h5-10,13-14,20,24H,1-4,11-12,15-17H2. The number of nitrogens with zero attached hydrogens (tertiary/aromatic N) is 1. The molecule has 1 heterocycles. The van der Waals surface area contributed by atoms with Gasteiger partial charge < -0.3 is 5.32 Å². The van der Waals surface area contributed by atoms with Gasteiger partial charge in [-0.05, 0) is 48.9 Å². The molecular formula is C23H28N2O. The van der Waals surface area contributed by atoms with E-state index in [0.717, 1.165) is 24.2 Å². The van der Waals surface area contributed by atoms with Crippen molar-refractivity contribution in [2.75, 3.05) is 11.4 Å². The van der Waals surface area contributed by atoms with Gasteiger partial charge in [-0.3, -0.25) is 9.69 Å². The maximum Gasteiger partial charge on any atom is 0.245 e. The van der Waals surface area contributed by atoms with E-state index in [9.17, 15) is 4.79 Å². The highest BCUT2D eigenvalue weighted by Gasteiger charge is 2.25. The van der Waals surface area contributed by atoms with Crippen LogP contribution in [0.3, 0.4) is 0 Å². The lowest BCUT2D eigenvalue weighted by Crippen LogP contribution is -2.40. The van der Waals surface area contributed by atoms with Crippen molar-refractivity contribution in [2.24, 2.45) is 0 Å². The summed E-state index contributed by atoms with van der Waals surface area (Å²) in [6, 6.07) is 17.2. The van der Waals surface area contributed by atoms with E-state index >= 15 is 0 Å². The van der Waals surface area contributed by atoms with E-state index < -0.39 is 0 Å². The van der Waals surface area contributed by atoms with Gasteiger partial charge in [-0.1, -0.05) is 62.1 Å². The molecule has 2 aromatic carbocycles. The van der Waals surface area contributed by atoms with E-state index in [1.807, 2.05) is 17.0 Å². The number of aryl methyl sites for hydroxylation is 2. The third-order valence-corrected chi connectivity index (χ3v) is 5.78. The molecule has 1 amide bonds. The lowest BCUT2D eigenvalue weighted by atomic mass is 10.0. The molecule has 1 N–H and O–H groups in total. The normalized spacial score (nSPS) is 17.8. The molecule has 1 aliphatic carbocycles. The van der Waals surface area contributed by atoms with Gasteiger partial charge in [0.25, 0.3) is 0 Å². The van der Waals surface area contributed by atoms with Gasteiger partial charge in [0.05, 0.1) is 17.9 Å². The van der Waals surface area contributed by atoms with E-state index in [2.05, 4.69) is 41.7 Å². The molecule has 1 aliphatic heterocycles. The Bertz CT molecular complexity index is 715. The quantitative estimate of drug-likeness (QED) is 0.811. The van der Waals surface area contributed by atoms with Crippen molar-refractivity contribution in [3.05, 3.63) is 59.7 Å². The summed E-state index contributed by atoms with van der Waals surface area (Å²) in [7, 11) is 0. The monoisotopic (exact) mass is 348 g/mol. The molecule has 3 nitrogen and oxygen atoms in total. The van der Waals surface area contributed by atoms with Crippen LogP contribution in [0.1, 0.15) is 49.7 Å². The first-order chi connectivity index (χ1) is 12.8. The zero-order valence-electron chi connectivity index (χ0n) is 15.4. The first-order valence-electron chi connectivity index (χ1n) is 10.0. The van der Waals surface area contributed by atoms with Gasteiger partial charge in [-0.2, -0.15) is 0 Å². The summed E-state index contributed by atoms with van der Waals surface area (Å²) in [5.41, 5.74) is 4.60. The van der Waals surface area contributed by atoms with Gasteiger partial charge in [0, 0.05) is 6.04 Å². The van der Waals surface area contributed by atoms with Crippen LogP contribution in [0.2, 0.25) is 0 Å². The highest BCUT2D eigenvalue weighted by molar-refractivity contribution is 6.03. The fourth-order valence-electron chi connectivity index (χ4n) is 4.34. The second-order valence-corrected chi connectivity index (χ2v) is 7.56. The number of hydrogen-bond acceptors (Lipinski definition) is 2. The fourth-order valence-corrected chi connectivity index (χ4v) is 4.34. The summed E-state index contributed by atoms with van der Waals surface area (Å²) in [6.07, 6.45) is 9.57. The van der Waals surface area contributed by atoms with Crippen LogP contribution in [0.4, 0.5) is 11.4 Å². The third-order valence-electron chi connectivity index (χ3n) is 5.78. The number of amides is 1. The van der Waals surface area contributed by atoms with Gasteiger partial charge >= 0.3 is 0 Å². The summed E-state index contributed by atoms with van der Waals surface area (Å²) in [5, 5.41) is 3.55. The average Bonchev–Trinajstić information content (AvgIpc) is 3.03. The number of anilines is 2. The highest BCUT2D eigenvalue weighted by atomic mass is 16.2. The Hall–Kier alpha value is -2.13. The lowest BCUT2D eigenvalue weighted by Gasteiger charge is -2.26. The Labute approximate surface area is 156 Å². The molecule has 0 radical (unpaired) electrons. The maximum absolute atomic E-state index is 13.3. The van der Waals surface area contributed by atoms with Gasteiger partial charge in [-0.25, -0.2) is 0 Å². The molecular weight excluding hydrogens is 320 g/mol. The second-order valence-electron chi connectivity index (χ2n) is 7.56. The molecule has 0 spiro atoms. The first-order valence-corrected chi connectivity index (χ1v) is 10.0. The van der Waals surface area contributed by atoms with Crippen molar-refractivity contribution in [3.8, 4) is 0 Å². The van der Waals surface area contributed by atoms with E-state index in [-0.39, 0.29) is 5.91 Å². The zero-order chi connectivity index (χ0) is 17.8. The van der Waals surface area contributed by atoms with Crippen LogP contribution in [-0.4, -0.2) is 18.5 Å². The third kappa shape index (κ3) is 3.68. The Morgan fingerprint density at radius 1 is 0.846 bits per heavy atom. The van der Waals surface area contributed by atoms with Crippen molar-refractivity contribution in [1.82, 2.24) is 5.32 Å². The number of para-hydroxylation sites is 2. The van der Waals surface area contributed by atoms with Gasteiger partial charge in [0.1, 0.15) is 0 Å². The molecule has 1 fully saturated rings. The molecule has 2 aliphatic rings. The number of fused-ring (bicyclic) bond motifs is 2. The number of carbonyl (C=O) groups is 1. The van der Waals surface area contributed by atoms with Gasteiger partial charge in [0.2, 0.25) is 5.91 Å². The van der Waals surface area contributed by atoms with E-state index in [1.165, 1.54) is 49.7 Å². The second kappa shape index (κ2) is 8.05. The first kappa shape index (κ1) is 17.3. The van der Waals surface area contributed by atoms with E-state index in [0.29, 0.717) is 12.6 Å². The Balaban J connectivity index is 1.58. The summed E-state index contributed by atoms with van der Waals surface area (Å²) in [6.45, 7) is 0.410. The zero-order valence-corrected chi connectivity index (χ0v) is 15.4. The topological polar surface area (TPSA) is 32.3 Å². The van der Waals surface area contributed by atoms with Crippen molar-refractivity contribution in [1.29, 1.82) is 0 Å². The van der Waals surface area contributed by atoms with Crippen LogP contribution >= 0.6 is 0 Å². The lowest BCUT2D eigenvalue weighted by molar-refractivity contribution is -0.117. The van der Waals surface area contributed by atoms with Crippen molar-refractivity contribution in [3.63, 3.8) is 0 Å². The molecule has 4 rings (SSSR count).